The molecule has 0 N–H and O–H groups in total. The molecule has 0 aliphatic rings. The van der Waals surface area contributed by atoms with Crippen LogP contribution in [0, 0.1) is 5.82 Å². The highest BCUT2D eigenvalue weighted by Gasteiger charge is 2.14. The minimum atomic E-state index is -0.666. The number of halogens is 2. The topological polar surface area (TPSA) is 74.2 Å². The molecule has 21 heavy (non-hydrogen) atoms. The molecule has 0 saturated heterocycles. The maximum Gasteiger partial charge on any atom is 0.337 e. The van der Waals surface area contributed by atoms with Gasteiger partial charge in [-0.1, -0.05) is 0 Å². The number of rotatable bonds is 4. The number of carbonyl (C=O) groups is 1. The Morgan fingerprint density at radius 3 is 2.71 bits per heavy atom. The molecule has 0 aliphatic carbocycles. The van der Waals surface area contributed by atoms with Crippen LogP contribution in [-0.4, -0.2) is 34.6 Å². The summed E-state index contributed by atoms with van der Waals surface area (Å²) in [5.74, 6) is -1.19. The Morgan fingerprint density at radius 2 is 2.05 bits per heavy atom. The minimum absolute atomic E-state index is 0.0244. The predicted molar refractivity (Wildman–Crippen MR) is 72.7 cm³/mol. The van der Waals surface area contributed by atoms with Crippen molar-refractivity contribution in [3.8, 4) is 17.4 Å². The fourth-order valence-corrected chi connectivity index (χ4v) is 1.76. The number of benzene rings is 1. The number of methoxy groups -OCH3 is 1. The van der Waals surface area contributed by atoms with Crippen molar-refractivity contribution in [2.45, 2.75) is 6.92 Å². The van der Waals surface area contributed by atoms with Crippen LogP contribution < -0.4 is 4.74 Å². The van der Waals surface area contributed by atoms with Crippen LogP contribution in [0.25, 0.3) is 11.4 Å². The number of ether oxygens (including phenoxy) is 2. The van der Waals surface area contributed by atoms with Gasteiger partial charge in [0.05, 0.1) is 19.3 Å². The molecule has 0 aliphatic heterocycles. The third-order valence-corrected chi connectivity index (χ3v) is 2.61. The maximum absolute atomic E-state index is 13.6. The van der Waals surface area contributed by atoms with Gasteiger partial charge in [-0.3, -0.25) is 0 Å². The molecule has 6 nitrogen and oxygen atoms in total. The summed E-state index contributed by atoms with van der Waals surface area (Å²) in [7, 11) is 1.21. The van der Waals surface area contributed by atoms with Crippen LogP contribution in [0.2, 0.25) is 5.28 Å². The lowest BCUT2D eigenvalue weighted by Crippen LogP contribution is -2.04. The monoisotopic (exact) mass is 311 g/mol. The molecular weight excluding hydrogens is 301 g/mol. The first-order valence-corrected chi connectivity index (χ1v) is 6.35. The first kappa shape index (κ1) is 15.1. The second-order valence-corrected chi connectivity index (χ2v) is 4.20. The van der Waals surface area contributed by atoms with E-state index in [1.54, 1.807) is 6.92 Å². The normalized spacial score (nSPS) is 10.3. The molecule has 0 radical (unpaired) electrons. The Bertz CT molecular complexity index is 682. The molecule has 0 unspecified atom stereocenters. The Kier molecular flexibility index (Phi) is 4.64. The van der Waals surface area contributed by atoms with Gasteiger partial charge in [0.15, 0.2) is 5.82 Å². The largest absolute Gasteiger partial charge is 0.465 e. The summed E-state index contributed by atoms with van der Waals surface area (Å²) in [6, 6.07) is 3.66. The van der Waals surface area contributed by atoms with Gasteiger partial charge in [0.1, 0.15) is 5.82 Å². The van der Waals surface area contributed by atoms with E-state index < -0.39 is 11.8 Å². The second-order valence-electron chi connectivity index (χ2n) is 3.86. The van der Waals surface area contributed by atoms with Crippen molar-refractivity contribution in [3.05, 3.63) is 34.9 Å². The van der Waals surface area contributed by atoms with Crippen molar-refractivity contribution in [2.75, 3.05) is 13.7 Å². The molecule has 0 spiro atoms. The van der Waals surface area contributed by atoms with E-state index in [0.717, 1.165) is 6.07 Å². The first-order chi connectivity index (χ1) is 10.0. The van der Waals surface area contributed by atoms with Gasteiger partial charge in [0.25, 0.3) is 0 Å². The molecule has 0 amide bonds. The minimum Gasteiger partial charge on any atom is -0.465 e. The molecule has 1 aromatic heterocycles. The first-order valence-electron chi connectivity index (χ1n) is 5.97. The number of hydrogen-bond acceptors (Lipinski definition) is 6. The second kappa shape index (κ2) is 6.45. The Morgan fingerprint density at radius 1 is 1.29 bits per heavy atom. The molecule has 8 heteroatoms. The van der Waals surface area contributed by atoms with Crippen LogP contribution in [-0.2, 0) is 4.74 Å². The van der Waals surface area contributed by atoms with Crippen molar-refractivity contribution in [1.29, 1.82) is 0 Å². The molecule has 1 aromatic carbocycles. The molecule has 2 rings (SSSR count). The number of carbonyl (C=O) groups excluding carboxylic acids is 1. The standard InChI is InChI=1S/C13H11ClFN3O3/c1-3-21-13-17-10(16-12(14)18-13)7-4-8(11(19)20-2)6-9(15)5-7/h4-6H,3H2,1-2H3. The van der Waals surface area contributed by atoms with Crippen LogP contribution in [0.1, 0.15) is 17.3 Å². The summed E-state index contributed by atoms with van der Waals surface area (Å²) in [5, 5.41) is -0.0904. The molecule has 0 saturated carbocycles. The molecule has 2 aromatic rings. The molecule has 0 atom stereocenters. The van der Waals surface area contributed by atoms with Crippen LogP contribution >= 0.6 is 11.6 Å². The van der Waals surface area contributed by atoms with E-state index >= 15 is 0 Å². The van der Waals surface area contributed by atoms with E-state index in [-0.39, 0.29) is 28.2 Å². The van der Waals surface area contributed by atoms with Gasteiger partial charge in [-0.25, -0.2) is 9.18 Å². The van der Waals surface area contributed by atoms with E-state index in [0.29, 0.717) is 6.61 Å². The maximum atomic E-state index is 13.6. The average Bonchev–Trinajstić information content (AvgIpc) is 2.45. The van der Waals surface area contributed by atoms with Crippen LogP contribution in [0.5, 0.6) is 6.01 Å². The van der Waals surface area contributed by atoms with Crippen molar-refractivity contribution in [1.82, 2.24) is 15.0 Å². The predicted octanol–water partition coefficient (Wildman–Crippen LogP) is 2.52. The van der Waals surface area contributed by atoms with Gasteiger partial charge >= 0.3 is 12.0 Å². The summed E-state index contributed by atoms with van der Waals surface area (Å²) < 4.78 is 23.3. The molecule has 1 heterocycles. The van der Waals surface area contributed by atoms with Crippen molar-refractivity contribution in [2.24, 2.45) is 0 Å². The fourth-order valence-electron chi connectivity index (χ4n) is 1.61. The number of nitrogens with zero attached hydrogens (tertiary/aromatic N) is 3. The highest BCUT2D eigenvalue weighted by Crippen LogP contribution is 2.22. The van der Waals surface area contributed by atoms with Crippen LogP contribution in [0.3, 0.4) is 0 Å². The smallest absolute Gasteiger partial charge is 0.337 e. The number of esters is 1. The van der Waals surface area contributed by atoms with Gasteiger partial charge < -0.3 is 9.47 Å². The van der Waals surface area contributed by atoms with E-state index in [4.69, 9.17) is 16.3 Å². The fraction of sp³-hybridized carbons (Fsp3) is 0.231. The zero-order valence-corrected chi connectivity index (χ0v) is 12.0. The van der Waals surface area contributed by atoms with E-state index in [2.05, 4.69) is 19.7 Å². The highest BCUT2D eigenvalue weighted by molar-refractivity contribution is 6.28. The summed E-state index contributed by atoms with van der Waals surface area (Å²) in [6.07, 6.45) is 0. The summed E-state index contributed by atoms with van der Waals surface area (Å²) in [6.45, 7) is 2.10. The van der Waals surface area contributed by atoms with E-state index in [1.165, 1.54) is 19.2 Å². The zero-order chi connectivity index (χ0) is 15.4. The zero-order valence-electron chi connectivity index (χ0n) is 11.3. The summed E-state index contributed by atoms with van der Waals surface area (Å²) in [5.41, 5.74) is 0.308. The van der Waals surface area contributed by atoms with Gasteiger partial charge in [0.2, 0.25) is 5.28 Å². The SMILES string of the molecule is CCOc1nc(Cl)nc(-c2cc(F)cc(C(=O)OC)c2)n1. The van der Waals surface area contributed by atoms with Crippen LogP contribution in [0.4, 0.5) is 4.39 Å². The lowest BCUT2D eigenvalue weighted by Gasteiger charge is -2.06. The third-order valence-electron chi connectivity index (χ3n) is 2.44. The van der Waals surface area contributed by atoms with Gasteiger partial charge in [-0.05, 0) is 36.7 Å². The lowest BCUT2D eigenvalue weighted by molar-refractivity contribution is 0.0600. The Balaban J connectivity index is 2.50. The highest BCUT2D eigenvalue weighted by atomic mass is 35.5. The van der Waals surface area contributed by atoms with Gasteiger partial charge in [0, 0.05) is 5.56 Å². The van der Waals surface area contributed by atoms with Gasteiger partial charge in [-0.2, -0.15) is 15.0 Å². The summed E-state index contributed by atoms with van der Waals surface area (Å²) in [4.78, 5) is 23.2. The van der Waals surface area contributed by atoms with Gasteiger partial charge in [-0.15, -0.1) is 0 Å². The number of aromatic nitrogens is 3. The average molecular weight is 312 g/mol. The molecular formula is C13H11ClFN3O3. The van der Waals surface area contributed by atoms with E-state index in [1.807, 2.05) is 0 Å². The third kappa shape index (κ3) is 3.63. The Hall–Kier alpha value is -2.28. The quantitative estimate of drug-likeness (QED) is 0.808. The molecule has 110 valence electrons. The van der Waals surface area contributed by atoms with Crippen molar-refractivity contribution < 1.29 is 18.7 Å². The lowest BCUT2D eigenvalue weighted by atomic mass is 10.1. The Labute approximate surface area is 124 Å². The number of hydrogen-bond donors (Lipinski definition) is 0. The van der Waals surface area contributed by atoms with Crippen molar-refractivity contribution in [3.63, 3.8) is 0 Å². The van der Waals surface area contributed by atoms with Crippen molar-refractivity contribution >= 4 is 17.6 Å². The molecule has 0 bridgehead atoms. The van der Waals surface area contributed by atoms with Crippen LogP contribution in [0.15, 0.2) is 18.2 Å². The van der Waals surface area contributed by atoms with E-state index in [9.17, 15) is 9.18 Å². The molecule has 0 fully saturated rings. The summed E-state index contributed by atoms with van der Waals surface area (Å²) >= 11 is 5.78.